The summed E-state index contributed by atoms with van der Waals surface area (Å²) in [6, 6.07) is 8.25. The Morgan fingerprint density at radius 1 is 0.840 bits per heavy atom. The molecule has 1 aromatic carbocycles. The van der Waals surface area contributed by atoms with Crippen LogP contribution in [0.1, 0.15) is 44.2 Å². The van der Waals surface area contributed by atoms with E-state index in [1.165, 1.54) is 22.3 Å². The third-order valence-corrected chi connectivity index (χ3v) is 6.16. The molecule has 0 amide bonds. The fraction of sp³-hybridized carbons (Fsp3) is 0.300. The van der Waals surface area contributed by atoms with E-state index < -0.39 is 0 Å². The molecule has 5 heteroatoms. The van der Waals surface area contributed by atoms with Crippen molar-refractivity contribution in [3.63, 3.8) is 0 Å². The average Bonchev–Trinajstić information content (AvgIpc) is 2.59. The van der Waals surface area contributed by atoms with Crippen molar-refractivity contribution in [2.24, 2.45) is 0 Å². The van der Waals surface area contributed by atoms with Crippen molar-refractivity contribution in [1.82, 2.24) is 0 Å². The van der Waals surface area contributed by atoms with Gasteiger partial charge in [0.1, 0.15) is 0 Å². The van der Waals surface area contributed by atoms with Crippen LogP contribution in [0.25, 0.3) is 4.91 Å². The third kappa shape index (κ3) is 5.77. The topological polar surface area (TPSA) is 0 Å². The van der Waals surface area contributed by atoms with Gasteiger partial charge in [-0.15, -0.1) is 0 Å². The van der Waals surface area contributed by atoms with E-state index in [1.807, 2.05) is 19.1 Å². The summed E-state index contributed by atoms with van der Waals surface area (Å²) in [6.45, 7) is 4.13. The molecule has 25 heavy (non-hydrogen) atoms. The van der Waals surface area contributed by atoms with Gasteiger partial charge < -0.3 is 50.5 Å². The average molecular weight is 447 g/mol. The quantitative estimate of drug-likeness (QED) is 0.419. The normalized spacial score (nSPS) is 17.0. The molecule has 0 nitrogen and oxygen atoms in total. The van der Waals surface area contributed by atoms with E-state index in [2.05, 4.69) is 31.2 Å². The van der Waals surface area contributed by atoms with Crippen molar-refractivity contribution in [2.45, 2.75) is 39.5 Å². The standard InChI is InChI=1S/C10H10S2.C10H14S2.Ni/c11-9-6-5-7-3-1-2-4-8(7)10(9)12;1-3-4-8-7(2)5-6-9(11)10(8)12;/h1-4,11-12H,5-6H2;3-4,11-12H,5-6H2,1-2H3;/p-4/b;4-3-;. The molecule has 0 saturated carbocycles. The van der Waals surface area contributed by atoms with Crippen molar-refractivity contribution >= 4 is 55.4 Å². The second-order valence-electron chi connectivity index (χ2n) is 5.86. The number of hydrogen-bond donors (Lipinski definition) is 0. The molecule has 0 fully saturated rings. The summed E-state index contributed by atoms with van der Waals surface area (Å²) < 4.78 is 0. The number of fused-ring (bicyclic) bond motifs is 1. The van der Waals surface area contributed by atoms with Crippen LogP contribution in [0, 0.1) is 0 Å². The Balaban J connectivity index is 0.000000240. The largest absolute Gasteiger partial charge is 0.785 e. The second kappa shape index (κ2) is 10.6. The van der Waals surface area contributed by atoms with E-state index in [-0.39, 0.29) is 16.5 Å². The molecule has 0 aromatic heterocycles. The summed E-state index contributed by atoms with van der Waals surface area (Å²) in [5.41, 5.74) is 5.05. The molecule has 138 valence electrons. The van der Waals surface area contributed by atoms with Gasteiger partial charge >= 0.3 is 0 Å². The van der Waals surface area contributed by atoms with Crippen molar-refractivity contribution in [2.75, 3.05) is 0 Å². The number of allylic oxidation sites excluding steroid dienone is 6. The minimum absolute atomic E-state index is 0. The predicted octanol–water partition coefficient (Wildman–Crippen LogP) is 5.37. The molecule has 3 rings (SSSR count). The van der Waals surface area contributed by atoms with Gasteiger partial charge in [0.2, 0.25) is 0 Å². The van der Waals surface area contributed by atoms with E-state index in [0.29, 0.717) is 0 Å². The summed E-state index contributed by atoms with van der Waals surface area (Å²) >= 11 is 20.8. The van der Waals surface area contributed by atoms with Gasteiger partial charge in [-0.3, -0.25) is 0 Å². The number of benzene rings is 1. The van der Waals surface area contributed by atoms with Crippen molar-refractivity contribution in [3.8, 4) is 0 Å². The second-order valence-corrected chi connectivity index (χ2v) is 7.66. The van der Waals surface area contributed by atoms with E-state index >= 15 is 0 Å². The zero-order chi connectivity index (χ0) is 17.7. The van der Waals surface area contributed by atoms with E-state index in [0.717, 1.165) is 45.3 Å². The molecular weight excluding hydrogens is 427 g/mol. The van der Waals surface area contributed by atoms with E-state index in [4.69, 9.17) is 50.5 Å². The van der Waals surface area contributed by atoms with Gasteiger partial charge in [0.15, 0.2) is 0 Å². The zero-order valence-corrected chi connectivity index (χ0v) is 18.5. The molecule has 2 aliphatic rings. The smallest absolute Gasteiger partial charge is 0 e. The van der Waals surface area contributed by atoms with Crippen molar-refractivity contribution < 1.29 is 16.5 Å². The van der Waals surface area contributed by atoms with Crippen LogP contribution in [0.2, 0.25) is 0 Å². The molecule has 0 bridgehead atoms. The maximum absolute atomic E-state index is 5.24. The molecular formula is C20H20NiS4-4. The van der Waals surface area contributed by atoms with Crippen molar-refractivity contribution in [1.29, 1.82) is 0 Å². The van der Waals surface area contributed by atoms with Crippen LogP contribution < -0.4 is 0 Å². The van der Waals surface area contributed by atoms with Gasteiger partial charge in [0, 0.05) is 16.5 Å². The van der Waals surface area contributed by atoms with Gasteiger partial charge in [-0.2, -0.15) is 9.81 Å². The minimum atomic E-state index is 0. The molecule has 0 unspecified atom stereocenters. The molecule has 0 radical (unpaired) electrons. The maximum Gasteiger partial charge on any atom is 0 e. The summed E-state index contributed by atoms with van der Waals surface area (Å²) in [4.78, 5) is 3.66. The Kier molecular flexibility index (Phi) is 9.62. The van der Waals surface area contributed by atoms with Gasteiger partial charge in [0.25, 0.3) is 0 Å². The molecule has 0 spiro atoms. The number of rotatable bonds is 1. The fourth-order valence-corrected chi connectivity index (χ4v) is 3.82. The first-order valence-corrected chi connectivity index (χ1v) is 9.64. The summed E-state index contributed by atoms with van der Waals surface area (Å²) in [5.74, 6) is 0. The number of hydrogen-bond acceptors (Lipinski definition) is 4. The molecule has 0 saturated heterocycles. The van der Waals surface area contributed by atoms with Crippen LogP contribution in [0.15, 0.2) is 62.3 Å². The maximum atomic E-state index is 5.24. The first-order valence-electron chi connectivity index (χ1n) is 8.01. The van der Waals surface area contributed by atoms with Crippen molar-refractivity contribution in [3.05, 3.63) is 73.4 Å². The van der Waals surface area contributed by atoms with Gasteiger partial charge in [-0.05, 0) is 43.4 Å². The molecule has 0 aliphatic heterocycles. The molecule has 1 aromatic rings. The van der Waals surface area contributed by atoms with Gasteiger partial charge in [0.05, 0.1) is 0 Å². The van der Waals surface area contributed by atoms with Crippen LogP contribution in [0.5, 0.6) is 0 Å². The van der Waals surface area contributed by atoms with Crippen LogP contribution in [-0.2, 0) is 73.4 Å². The molecule has 2 aliphatic carbocycles. The van der Waals surface area contributed by atoms with Gasteiger partial charge in [-0.1, -0.05) is 54.8 Å². The molecule has 0 atom stereocenters. The Labute approximate surface area is 183 Å². The van der Waals surface area contributed by atoms with Gasteiger partial charge in [-0.25, -0.2) is 9.81 Å². The van der Waals surface area contributed by atoms with Crippen LogP contribution in [0.4, 0.5) is 0 Å². The van der Waals surface area contributed by atoms with Crippen LogP contribution in [-0.4, -0.2) is 0 Å². The number of aryl methyl sites for hydroxylation is 1. The Morgan fingerprint density at radius 2 is 1.44 bits per heavy atom. The summed E-state index contributed by atoms with van der Waals surface area (Å²) in [6.07, 6.45) is 8.10. The van der Waals surface area contributed by atoms with Crippen LogP contribution >= 0.6 is 0 Å². The molecule has 0 N–H and O–H groups in total. The minimum Gasteiger partial charge on any atom is -0.785 e. The Hall–Kier alpha value is -0.446. The summed E-state index contributed by atoms with van der Waals surface area (Å²) in [5, 5.41) is 0. The monoisotopic (exact) mass is 446 g/mol. The Morgan fingerprint density at radius 3 is 2.12 bits per heavy atom. The third-order valence-electron chi connectivity index (χ3n) is 4.15. The molecule has 0 heterocycles. The first kappa shape index (κ1) is 22.6. The van der Waals surface area contributed by atoms with E-state index in [9.17, 15) is 0 Å². The zero-order valence-electron chi connectivity index (χ0n) is 14.2. The predicted molar refractivity (Wildman–Crippen MR) is 115 cm³/mol. The Bertz CT molecular complexity index is 742. The fourth-order valence-electron chi connectivity index (χ4n) is 2.75. The van der Waals surface area contributed by atoms with E-state index in [1.54, 1.807) is 0 Å². The van der Waals surface area contributed by atoms with Crippen LogP contribution in [0.3, 0.4) is 0 Å². The first-order chi connectivity index (χ1) is 11.5. The SMILES string of the molecule is C/C=C\C1=C(C)CCC([S-])=C1[S-].[Ni].[S-]C1=C([S-])c2ccccc2CC1. The summed E-state index contributed by atoms with van der Waals surface area (Å²) in [7, 11) is 0.